The molecule has 10 rings (SSSR count). The Morgan fingerprint density at radius 3 is 1.51 bits per heavy atom. The highest BCUT2D eigenvalue weighted by Crippen LogP contribution is 2.35. The number of hydrogen-bond acceptors (Lipinski definition) is 8. The maximum Gasteiger partial charge on any atom is 0.411 e. The summed E-state index contributed by atoms with van der Waals surface area (Å²) in [6, 6.07) is 29.3. The summed E-state index contributed by atoms with van der Waals surface area (Å²) >= 11 is 0. The van der Waals surface area contributed by atoms with E-state index in [4.69, 9.17) is 9.97 Å². The lowest BCUT2D eigenvalue weighted by atomic mass is 9.92. The molecule has 3 amide bonds. The van der Waals surface area contributed by atoms with Crippen LogP contribution < -0.4 is 31.1 Å². The van der Waals surface area contributed by atoms with Crippen molar-refractivity contribution < 1.29 is 19.5 Å². The van der Waals surface area contributed by atoms with Gasteiger partial charge < -0.3 is 41.2 Å². The maximum absolute atomic E-state index is 12.1. The summed E-state index contributed by atoms with van der Waals surface area (Å²) in [5.41, 5.74) is 16.5. The van der Waals surface area contributed by atoms with Gasteiger partial charge in [0.05, 0.1) is 11.0 Å². The van der Waals surface area contributed by atoms with Crippen LogP contribution in [0.15, 0.2) is 97.3 Å². The number of carbonyl (C=O) groups is 3. The summed E-state index contributed by atoms with van der Waals surface area (Å²) in [5, 5.41) is 27.9. The molecule has 0 saturated carbocycles. The van der Waals surface area contributed by atoms with Crippen LogP contribution in [0.3, 0.4) is 0 Å². The number of aryl methyl sites for hydroxylation is 2. The number of amides is 3. The second-order valence-corrected chi connectivity index (χ2v) is 21.4. The first kappa shape index (κ1) is 55.2. The van der Waals surface area contributed by atoms with E-state index < -0.39 is 6.09 Å². The number of pyridine rings is 2. The summed E-state index contributed by atoms with van der Waals surface area (Å²) in [6.45, 7) is 7.70. The number of nitrogens with zero attached hydrogens (tertiary/aromatic N) is 4. The highest BCUT2D eigenvalue weighted by Gasteiger charge is 2.20. The van der Waals surface area contributed by atoms with Crippen LogP contribution in [0.1, 0.15) is 125 Å². The van der Waals surface area contributed by atoms with Crippen LogP contribution in [0, 0.1) is 0 Å². The molecule has 7 N–H and O–H groups in total. The predicted molar refractivity (Wildman–Crippen MR) is 321 cm³/mol. The van der Waals surface area contributed by atoms with Crippen molar-refractivity contribution in [1.29, 1.82) is 0 Å². The fourth-order valence-electron chi connectivity index (χ4n) is 11.5. The number of aromatic amines is 2. The third kappa shape index (κ3) is 14.1. The van der Waals surface area contributed by atoms with E-state index in [9.17, 15) is 19.5 Å². The van der Waals surface area contributed by atoms with Crippen LogP contribution in [0.2, 0.25) is 0 Å². The van der Waals surface area contributed by atoms with Crippen molar-refractivity contribution in [2.24, 2.45) is 0 Å². The highest BCUT2D eigenvalue weighted by atomic mass is 16.4. The number of anilines is 4. The summed E-state index contributed by atoms with van der Waals surface area (Å²) in [7, 11) is 2.18. The second kappa shape index (κ2) is 27.1. The Bertz CT molecular complexity index is 3330. The molecule has 4 heterocycles. The van der Waals surface area contributed by atoms with Gasteiger partial charge in [0.25, 0.3) is 0 Å². The van der Waals surface area contributed by atoms with E-state index >= 15 is 0 Å². The predicted octanol–water partition coefficient (Wildman–Crippen LogP) is 12.8. The normalized spacial score (nSPS) is 12.9. The van der Waals surface area contributed by atoms with Gasteiger partial charge in [0.1, 0.15) is 0 Å². The van der Waals surface area contributed by atoms with Gasteiger partial charge in [0, 0.05) is 139 Å². The lowest BCUT2D eigenvalue weighted by molar-refractivity contribution is -0.119. The first-order valence-corrected chi connectivity index (χ1v) is 28.8. The minimum absolute atomic E-state index is 0.0193. The first-order chi connectivity index (χ1) is 38.1. The van der Waals surface area contributed by atoms with Crippen molar-refractivity contribution in [3.05, 3.63) is 131 Å². The van der Waals surface area contributed by atoms with Crippen molar-refractivity contribution in [2.45, 2.75) is 129 Å². The quantitative estimate of drug-likeness (QED) is 0.0290. The molecule has 0 saturated heterocycles. The third-order valence-corrected chi connectivity index (χ3v) is 15.7. The van der Waals surface area contributed by atoms with Gasteiger partial charge in [-0.3, -0.25) is 24.5 Å². The van der Waals surface area contributed by atoms with Gasteiger partial charge in [0.2, 0.25) is 11.8 Å². The average Bonchev–Trinajstić information content (AvgIpc) is 4.17. The fourth-order valence-corrected chi connectivity index (χ4v) is 11.5. The molecule has 4 aromatic carbocycles. The molecule has 0 atom stereocenters. The molecule has 0 unspecified atom stereocenters. The number of rotatable bonds is 24. The van der Waals surface area contributed by atoms with Gasteiger partial charge in [0.15, 0.2) is 0 Å². The molecule has 0 bridgehead atoms. The van der Waals surface area contributed by atoms with Crippen molar-refractivity contribution in [1.82, 2.24) is 30.6 Å². The van der Waals surface area contributed by atoms with E-state index in [2.05, 4.69) is 116 Å². The molecule has 14 heteroatoms. The smallest absolute Gasteiger partial charge is 0.411 e. The zero-order chi connectivity index (χ0) is 54.2. The largest absolute Gasteiger partial charge is 0.465 e. The zero-order valence-corrected chi connectivity index (χ0v) is 46.2. The van der Waals surface area contributed by atoms with Gasteiger partial charge in [-0.25, -0.2) is 4.79 Å². The van der Waals surface area contributed by atoms with Crippen molar-refractivity contribution in [2.75, 3.05) is 66.7 Å². The lowest BCUT2D eigenvalue weighted by Gasteiger charge is -2.22. The van der Waals surface area contributed by atoms with Crippen molar-refractivity contribution in [3.8, 4) is 0 Å². The number of fused-ring (bicyclic) bond motifs is 6. The van der Waals surface area contributed by atoms with Gasteiger partial charge in [-0.05, 0) is 161 Å². The number of aromatic nitrogens is 4. The number of H-pyrrole nitrogens is 2. The molecule has 78 heavy (non-hydrogen) atoms. The molecule has 410 valence electrons. The SMILES string of the molecule is CC(=O)NCCc1c[nH]c2ccc(N(C)CCCCCCNc3c4c(nc5ccccc35)CCCC4)cc12.CC(=O)NCCc1c[nH]c2ccc(N(CCCCCCNc3c4c(nc5ccccc35)CCCC4)C(=O)O)cc12. The zero-order valence-electron chi connectivity index (χ0n) is 46.2. The molecular weight excluding hydrogens is 973 g/mol. The van der Waals surface area contributed by atoms with E-state index in [1.807, 2.05) is 24.4 Å². The van der Waals surface area contributed by atoms with Gasteiger partial charge >= 0.3 is 6.09 Å². The second-order valence-electron chi connectivity index (χ2n) is 21.4. The lowest BCUT2D eigenvalue weighted by Crippen LogP contribution is -2.30. The van der Waals surface area contributed by atoms with Crippen LogP contribution in [-0.2, 0) is 48.1 Å². The Morgan fingerprint density at radius 1 is 0.538 bits per heavy atom. The Balaban J connectivity index is 0.000000190. The van der Waals surface area contributed by atoms with Crippen LogP contribution in [-0.4, -0.2) is 89.3 Å². The topological polar surface area (TPSA) is 183 Å². The fraction of sp³-hybridized carbons (Fsp3) is 0.422. The van der Waals surface area contributed by atoms with Gasteiger partial charge in [-0.1, -0.05) is 62.1 Å². The summed E-state index contributed by atoms with van der Waals surface area (Å²) in [5.74, 6) is -0.0380. The number of hydrogen-bond donors (Lipinski definition) is 7. The van der Waals surface area contributed by atoms with Crippen LogP contribution in [0.5, 0.6) is 0 Å². The van der Waals surface area contributed by atoms with Crippen LogP contribution >= 0.6 is 0 Å². The molecule has 0 fully saturated rings. The Hall–Kier alpha value is -7.61. The number of carbonyl (C=O) groups excluding carboxylic acids is 2. The minimum atomic E-state index is -0.939. The number of carboxylic acid groups (broad SMARTS) is 1. The standard InChI is InChI=1S/C32H39N5O3.C32H41N5O/c1-22(38)33-18-16-23-21-35-28-15-14-24(20-27(23)28)37(32(39)40)19-9-3-2-8-17-34-31-25-10-4-6-12-29(25)36-30-13-7-5-11-26(30)31;1-23(38)33-19-17-24-22-35-29-16-15-25(21-28(24)29)37(2)20-10-4-3-9-18-34-32-26-11-5-7-13-30(26)36-31-14-8-6-12-27(31)32/h4,6,10,12,14-15,20-21,35H,2-3,5,7-9,11,13,16-19H2,1H3,(H,33,38)(H,34,36)(H,39,40);5,7,11,13,15-16,21-22,35H,3-4,6,8-10,12,14,17-20H2,1-2H3,(H,33,38)(H,34,36). The number of benzene rings is 4. The van der Waals surface area contributed by atoms with Crippen molar-refractivity contribution in [3.63, 3.8) is 0 Å². The maximum atomic E-state index is 12.1. The molecule has 8 aromatic rings. The Labute approximate surface area is 459 Å². The third-order valence-electron chi connectivity index (χ3n) is 15.7. The number of nitrogens with one attached hydrogen (secondary N) is 6. The molecule has 0 aliphatic heterocycles. The molecular formula is C64H80N10O4. The molecule has 4 aromatic heterocycles. The van der Waals surface area contributed by atoms with Gasteiger partial charge in [-0.2, -0.15) is 0 Å². The van der Waals surface area contributed by atoms with E-state index in [0.717, 1.165) is 110 Å². The monoisotopic (exact) mass is 1050 g/mol. The molecule has 14 nitrogen and oxygen atoms in total. The molecule has 0 radical (unpaired) electrons. The van der Waals surface area contributed by atoms with E-state index in [-0.39, 0.29) is 11.8 Å². The average molecular weight is 1050 g/mol. The molecule has 0 spiro atoms. The molecule has 2 aliphatic rings. The van der Waals surface area contributed by atoms with Gasteiger partial charge in [-0.15, -0.1) is 0 Å². The number of unbranched alkanes of at least 4 members (excludes halogenated alkanes) is 6. The minimum Gasteiger partial charge on any atom is -0.465 e. The summed E-state index contributed by atoms with van der Waals surface area (Å²) in [6.07, 6.45) is 22.6. The summed E-state index contributed by atoms with van der Waals surface area (Å²) in [4.78, 5) is 54.8. The van der Waals surface area contributed by atoms with E-state index in [0.29, 0.717) is 31.7 Å². The van der Waals surface area contributed by atoms with Crippen LogP contribution in [0.4, 0.5) is 27.5 Å². The van der Waals surface area contributed by atoms with Crippen molar-refractivity contribution >= 4 is 84.3 Å². The van der Waals surface area contributed by atoms with E-state index in [1.165, 1.54) is 124 Å². The summed E-state index contributed by atoms with van der Waals surface area (Å²) < 4.78 is 0. The van der Waals surface area contributed by atoms with E-state index in [1.54, 1.807) is 6.92 Å². The molecule has 2 aliphatic carbocycles. The highest BCUT2D eigenvalue weighted by molar-refractivity contribution is 5.95. The first-order valence-electron chi connectivity index (χ1n) is 28.8. The Kier molecular flexibility index (Phi) is 19.2. The number of para-hydroxylation sites is 2. The Morgan fingerprint density at radius 2 is 1.00 bits per heavy atom. The van der Waals surface area contributed by atoms with Crippen LogP contribution in [0.25, 0.3) is 43.6 Å².